The molecule has 2 aromatic heterocycles. The zero-order valence-corrected chi connectivity index (χ0v) is 20.9. The molecule has 0 aliphatic rings. The van der Waals surface area contributed by atoms with Crippen molar-refractivity contribution in [2.45, 2.75) is 40.4 Å². The number of furan rings is 1. The summed E-state index contributed by atoms with van der Waals surface area (Å²) in [6, 6.07) is 10.2. The third-order valence-electron chi connectivity index (χ3n) is 4.69. The molecule has 0 aliphatic carbocycles. The van der Waals surface area contributed by atoms with Crippen LogP contribution in [0, 0.1) is 6.92 Å². The van der Waals surface area contributed by atoms with Crippen LogP contribution in [0.3, 0.4) is 0 Å². The van der Waals surface area contributed by atoms with E-state index >= 15 is 0 Å². The van der Waals surface area contributed by atoms with E-state index in [1.165, 1.54) is 6.07 Å². The van der Waals surface area contributed by atoms with Crippen molar-refractivity contribution in [2.24, 2.45) is 0 Å². The second kappa shape index (κ2) is 11.6. The van der Waals surface area contributed by atoms with Crippen molar-refractivity contribution < 1.29 is 37.7 Å². The first-order valence-electron chi connectivity index (χ1n) is 10.9. The van der Waals surface area contributed by atoms with Gasteiger partial charge in [-0.2, -0.15) is 0 Å². The van der Waals surface area contributed by atoms with Crippen molar-refractivity contribution in [3.63, 3.8) is 0 Å². The zero-order valence-electron chi connectivity index (χ0n) is 20.1. The minimum absolute atomic E-state index is 0.0150. The predicted octanol–water partition coefficient (Wildman–Crippen LogP) is 5.23. The highest BCUT2D eigenvalue weighted by Gasteiger charge is 2.28. The third-order valence-corrected chi connectivity index (χ3v) is 5.88. The first-order chi connectivity index (χ1) is 16.7. The van der Waals surface area contributed by atoms with Crippen LogP contribution in [-0.2, 0) is 16.1 Å². The number of nitrogens with one attached hydrogen (secondary N) is 1. The largest absolute Gasteiger partial charge is 0.497 e. The van der Waals surface area contributed by atoms with Gasteiger partial charge in [0.05, 0.1) is 25.4 Å². The van der Waals surface area contributed by atoms with E-state index in [-0.39, 0.29) is 40.5 Å². The second-order valence-corrected chi connectivity index (χ2v) is 8.64. The molecule has 1 amide bonds. The molecule has 0 fully saturated rings. The lowest BCUT2D eigenvalue weighted by Crippen LogP contribution is -2.16. The monoisotopic (exact) mass is 501 g/mol. The van der Waals surface area contributed by atoms with E-state index in [0.717, 1.165) is 11.3 Å². The van der Waals surface area contributed by atoms with Gasteiger partial charge in [0, 0.05) is 6.07 Å². The number of thiophene rings is 1. The minimum Gasteiger partial charge on any atom is -0.497 e. The Morgan fingerprint density at radius 1 is 1.09 bits per heavy atom. The molecule has 35 heavy (non-hydrogen) atoms. The SMILES string of the molecule is CCOC(=O)c1sc(NC(=O)c2ccc(COc3cccc(OC)c3)o2)c(C(=O)OC(C)C)c1C. The van der Waals surface area contributed by atoms with Crippen LogP contribution in [0.4, 0.5) is 5.00 Å². The Kier molecular flexibility index (Phi) is 8.53. The van der Waals surface area contributed by atoms with Crippen molar-refractivity contribution >= 4 is 34.2 Å². The van der Waals surface area contributed by atoms with Gasteiger partial charge in [-0.3, -0.25) is 4.79 Å². The van der Waals surface area contributed by atoms with Gasteiger partial charge in [0.2, 0.25) is 0 Å². The van der Waals surface area contributed by atoms with Crippen LogP contribution in [0.1, 0.15) is 62.7 Å². The lowest BCUT2D eigenvalue weighted by Gasteiger charge is -2.10. The fourth-order valence-electron chi connectivity index (χ4n) is 3.10. The van der Waals surface area contributed by atoms with E-state index in [1.807, 2.05) is 0 Å². The number of amides is 1. The summed E-state index contributed by atoms with van der Waals surface area (Å²) < 4.78 is 26.8. The lowest BCUT2D eigenvalue weighted by molar-refractivity contribution is 0.0379. The summed E-state index contributed by atoms with van der Waals surface area (Å²) in [5.41, 5.74) is 0.481. The van der Waals surface area contributed by atoms with Gasteiger partial charge in [-0.05, 0) is 57.5 Å². The molecule has 0 unspecified atom stereocenters. The predicted molar refractivity (Wildman–Crippen MR) is 130 cm³/mol. The molecule has 0 radical (unpaired) electrons. The number of carbonyl (C=O) groups excluding carboxylic acids is 3. The Morgan fingerprint density at radius 2 is 1.83 bits per heavy atom. The van der Waals surface area contributed by atoms with E-state index in [2.05, 4.69) is 5.32 Å². The van der Waals surface area contributed by atoms with Crippen LogP contribution in [0.5, 0.6) is 11.5 Å². The number of carbonyl (C=O) groups is 3. The van der Waals surface area contributed by atoms with Gasteiger partial charge in [0.1, 0.15) is 33.7 Å². The van der Waals surface area contributed by atoms with Crippen LogP contribution in [0.25, 0.3) is 0 Å². The van der Waals surface area contributed by atoms with Crippen LogP contribution in [0.2, 0.25) is 0 Å². The molecule has 0 aliphatic heterocycles. The van der Waals surface area contributed by atoms with Crippen LogP contribution in [0.15, 0.2) is 40.8 Å². The van der Waals surface area contributed by atoms with E-state index < -0.39 is 17.8 Å². The maximum absolute atomic E-state index is 12.9. The summed E-state index contributed by atoms with van der Waals surface area (Å²) >= 11 is 0.945. The highest BCUT2D eigenvalue weighted by Crippen LogP contribution is 2.35. The van der Waals surface area contributed by atoms with E-state index in [1.54, 1.807) is 65.1 Å². The Morgan fingerprint density at radius 3 is 2.51 bits per heavy atom. The number of hydrogen-bond acceptors (Lipinski definition) is 9. The summed E-state index contributed by atoms with van der Waals surface area (Å²) in [5, 5.41) is 2.83. The quantitative estimate of drug-likeness (QED) is 0.376. The lowest BCUT2D eigenvalue weighted by atomic mass is 10.1. The first-order valence-corrected chi connectivity index (χ1v) is 11.7. The fraction of sp³-hybridized carbons (Fsp3) is 0.320. The Hall–Kier alpha value is -3.79. The summed E-state index contributed by atoms with van der Waals surface area (Å²) in [7, 11) is 1.56. The number of hydrogen-bond donors (Lipinski definition) is 1. The molecule has 186 valence electrons. The van der Waals surface area contributed by atoms with Crippen molar-refractivity contribution in [1.82, 2.24) is 0 Å². The number of rotatable bonds is 10. The molecule has 0 saturated carbocycles. The molecule has 3 rings (SSSR count). The van der Waals surface area contributed by atoms with Crippen molar-refractivity contribution in [1.29, 1.82) is 0 Å². The normalized spacial score (nSPS) is 10.7. The van der Waals surface area contributed by atoms with Gasteiger partial charge in [-0.25, -0.2) is 9.59 Å². The molecule has 9 nitrogen and oxygen atoms in total. The molecule has 10 heteroatoms. The highest BCUT2D eigenvalue weighted by atomic mass is 32.1. The first kappa shape index (κ1) is 25.8. The topological polar surface area (TPSA) is 113 Å². The third kappa shape index (κ3) is 6.42. The van der Waals surface area contributed by atoms with Gasteiger partial charge in [-0.1, -0.05) is 6.07 Å². The number of benzene rings is 1. The number of ether oxygens (including phenoxy) is 4. The molecular formula is C25H27NO8S. The van der Waals surface area contributed by atoms with Crippen LogP contribution < -0.4 is 14.8 Å². The molecule has 2 heterocycles. The highest BCUT2D eigenvalue weighted by molar-refractivity contribution is 7.18. The Balaban J connectivity index is 1.77. The van der Waals surface area contributed by atoms with Crippen molar-refractivity contribution in [3.05, 3.63) is 63.9 Å². The average Bonchev–Trinajstić information content (AvgIpc) is 3.42. The number of anilines is 1. The molecule has 1 N–H and O–H groups in total. The van der Waals surface area contributed by atoms with Crippen molar-refractivity contribution in [3.8, 4) is 11.5 Å². The summed E-state index contributed by atoms with van der Waals surface area (Å²) in [4.78, 5) is 38.1. The molecule has 1 aromatic carbocycles. The Labute approximate surface area is 206 Å². The van der Waals surface area contributed by atoms with E-state index in [9.17, 15) is 14.4 Å². The maximum Gasteiger partial charge on any atom is 0.348 e. The number of methoxy groups -OCH3 is 1. The van der Waals surface area contributed by atoms with Gasteiger partial charge in [0.15, 0.2) is 5.76 Å². The second-order valence-electron chi connectivity index (χ2n) is 7.62. The van der Waals surface area contributed by atoms with Gasteiger partial charge in [0.25, 0.3) is 5.91 Å². The average molecular weight is 502 g/mol. The van der Waals surface area contributed by atoms with E-state index in [4.69, 9.17) is 23.4 Å². The maximum atomic E-state index is 12.9. The Bertz CT molecular complexity index is 1210. The molecule has 0 bridgehead atoms. The standard InChI is InChI=1S/C25H27NO8S/c1-6-31-25(29)21-15(4)20(24(28)33-14(2)3)23(35-21)26-22(27)19-11-10-18(34-19)13-32-17-9-7-8-16(12-17)30-5/h7-12,14H,6,13H2,1-5H3,(H,26,27). The van der Waals surface area contributed by atoms with Crippen LogP contribution >= 0.6 is 11.3 Å². The smallest absolute Gasteiger partial charge is 0.348 e. The molecule has 3 aromatic rings. The summed E-state index contributed by atoms with van der Waals surface area (Å²) in [6.07, 6.45) is -0.381. The number of esters is 2. The summed E-state index contributed by atoms with van der Waals surface area (Å²) in [6.45, 7) is 6.98. The zero-order chi connectivity index (χ0) is 25.5. The molecule has 0 saturated heterocycles. The van der Waals surface area contributed by atoms with Crippen LogP contribution in [-0.4, -0.2) is 37.7 Å². The molecular weight excluding hydrogens is 474 g/mol. The van der Waals surface area contributed by atoms with Crippen molar-refractivity contribution in [2.75, 3.05) is 19.0 Å². The molecule has 0 spiro atoms. The van der Waals surface area contributed by atoms with E-state index in [0.29, 0.717) is 22.8 Å². The summed E-state index contributed by atoms with van der Waals surface area (Å²) in [5.74, 6) is -0.139. The molecule has 0 atom stereocenters. The van der Waals surface area contributed by atoms with Gasteiger partial charge >= 0.3 is 11.9 Å². The minimum atomic E-state index is -0.647. The fourth-order valence-corrected chi connectivity index (χ4v) is 4.18. The van der Waals surface area contributed by atoms with Gasteiger partial charge < -0.3 is 28.7 Å². The van der Waals surface area contributed by atoms with Gasteiger partial charge in [-0.15, -0.1) is 11.3 Å².